The maximum atomic E-state index is 5.06. The van der Waals surface area contributed by atoms with E-state index >= 15 is 0 Å². The lowest BCUT2D eigenvalue weighted by Gasteiger charge is -2.35. The number of fused-ring (bicyclic) bond motifs is 1. The molecule has 3 rings (SSSR count). The average molecular weight is 248 g/mol. The molecule has 5 nitrogen and oxygen atoms in total. The van der Waals surface area contributed by atoms with Gasteiger partial charge in [0.25, 0.3) is 0 Å². The van der Waals surface area contributed by atoms with Gasteiger partial charge in [-0.1, -0.05) is 0 Å². The van der Waals surface area contributed by atoms with Crippen LogP contribution in [0.5, 0.6) is 5.75 Å². The Balaban J connectivity index is 1.58. The quantitative estimate of drug-likeness (QED) is 0.879. The van der Waals surface area contributed by atoms with Gasteiger partial charge in [-0.15, -0.1) is 0 Å². The summed E-state index contributed by atoms with van der Waals surface area (Å²) in [4.78, 5) is 11.2. The number of rotatable bonds is 3. The van der Waals surface area contributed by atoms with Crippen LogP contribution >= 0.6 is 0 Å². The third-order valence-corrected chi connectivity index (χ3v) is 4.02. The van der Waals surface area contributed by atoms with Crippen LogP contribution in [0.2, 0.25) is 0 Å². The van der Waals surface area contributed by atoms with Crippen LogP contribution in [-0.2, 0) is 0 Å². The summed E-state index contributed by atoms with van der Waals surface area (Å²) in [5.74, 6) is 1.42. The van der Waals surface area contributed by atoms with Crippen molar-refractivity contribution in [3.8, 4) is 5.75 Å². The number of aromatic nitrogens is 2. The molecule has 1 N–H and O–H groups in total. The van der Waals surface area contributed by atoms with Crippen molar-refractivity contribution >= 4 is 5.95 Å². The summed E-state index contributed by atoms with van der Waals surface area (Å²) in [5.41, 5.74) is 0. The van der Waals surface area contributed by atoms with Crippen LogP contribution in [0.3, 0.4) is 0 Å². The van der Waals surface area contributed by atoms with Crippen molar-refractivity contribution in [2.24, 2.45) is 0 Å². The molecule has 2 unspecified atom stereocenters. The summed E-state index contributed by atoms with van der Waals surface area (Å²) in [6.07, 6.45) is 8.53. The van der Waals surface area contributed by atoms with Gasteiger partial charge in [0.1, 0.15) is 0 Å². The minimum Gasteiger partial charge on any atom is -0.494 e. The summed E-state index contributed by atoms with van der Waals surface area (Å²) in [5, 5.41) is 3.44. The van der Waals surface area contributed by atoms with E-state index in [9.17, 15) is 0 Å². The van der Waals surface area contributed by atoms with Crippen molar-refractivity contribution < 1.29 is 4.74 Å². The van der Waals surface area contributed by atoms with E-state index in [0.29, 0.717) is 17.7 Å². The highest BCUT2D eigenvalue weighted by Crippen LogP contribution is 2.27. The lowest BCUT2D eigenvalue weighted by molar-refractivity contribution is 0.188. The first-order valence-corrected chi connectivity index (χ1v) is 6.72. The molecule has 0 amide bonds. The largest absolute Gasteiger partial charge is 0.494 e. The molecular weight excluding hydrogens is 228 g/mol. The van der Waals surface area contributed by atoms with E-state index in [-0.39, 0.29) is 0 Å². The summed E-state index contributed by atoms with van der Waals surface area (Å²) in [6, 6.07) is 1.28. The molecule has 0 spiro atoms. The van der Waals surface area contributed by atoms with Gasteiger partial charge in [-0.3, -0.25) is 0 Å². The van der Waals surface area contributed by atoms with Crippen LogP contribution < -0.4 is 10.1 Å². The summed E-state index contributed by atoms with van der Waals surface area (Å²) >= 11 is 0. The molecule has 5 heteroatoms. The molecule has 18 heavy (non-hydrogen) atoms. The van der Waals surface area contributed by atoms with Gasteiger partial charge in [0.2, 0.25) is 5.95 Å². The van der Waals surface area contributed by atoms with Crippen LogP contribution in [0.1, 0.15) is 25.7 Å². The number of nitrogens with zero attached hydrogens (tertiary/aromatic N) is 3. The SMILES string of the molecule is COc1cnc(NC2CCN3CCCC3C2)nc1. The van der Waals surface area contributed by atoms with Gasteiger partial charge < -0.3 is 15.0 Å². The van der Waals surface area contributed by atoms with Crippen LogP contribution in [0.25, 0.3) is 0 Å². The van der Waals surface area contributed by atoms with Crippen LogP contribution in [-0.4, -0.2) is 47.2 Å². The minimum absolute atomic E-state index is 0.512. The Labute approximate surface area is 108 Å². The van der Waals surface area contributed by atoms with Crippen LogP contribution in [0.4, 0.5) is 5.95 Å². The number of nitrogens with one attached hydrogen (secondary N) is 1. The van der Waals surface area contributed by atoms with E-state index in [0.717, 1.165) is 6.04 Å². The van der Waals surface area contributed by atoms with Gasteiger partial charge in [-0.05, 0) is 32.2 Å². The molecule has 2 atom stereocenters. The zero-order chi connectivity index (χ0) is 12.4. The Bertz CT molecular complexity index is 394. The predicted molar refractivity (Wildman–Crippen MR) is 69.8 cm³/mol. The van der Waals surface area contributed by atoms with Crippen molar-refractivity contribution in [3.05, 3.63) is 12.4 Å². The molecule has 0 aliphatic carbocycles. The molecule has 2 fully saturated rings. The molecule has 98 valence electrons. The Morgan fingerprint density at radius 1 is 1.28 bits per heavy atom. The normalized spacial score (nSPS) is 27.8. The fraction of sp³-hybridized carbons (Fsp3) is 0.692. The highest BCUT2D eigenvalue weighted by atomic mass is 16.5. The molecule has 2 saturated heterocycles. The second-order valence-corrected chi connectivity index (χ2v) is 5.14. The van der Waals surface area contributed by atoms with Crippen molar-refractivity contribution in [2.75, 3.05) is 25.5 Å². The zero-order valence-electron chi connectivity index (χ0n) is 10.8. The summed E-state index contributed by atoms with van der Waals surface area (Å²) < 4.78 is 5.06. The van der Waals surface area contributed by atoms with Gasteiger partial charge in [0, 0.05) is 18.6 Å². The van der Waals surface area contributed by atoms with E-state index in [4.69, 9.17) is 4.74 Å². The van der Waals surface area contributed by atoms with E-state index in [1.807, 2.05) is 0 Å². The Hall–Kier alpha value is -1.36. The van der Waals surface area contributed by atoms with Crippen LogP contribution in [0.15, 0.2) is 12.4 Å². The fourth-order valence-electron chi connectivity index (χ4n) is 3.03. The monoisotopic (exact) mass is 248 g/mol. The van der Waals surface area contributed by atoms with E-state index in [1.165, 1.54) is 38.8 Å². The van der Waals surface area contributed by atoms with E-state index < -0.39 is 0 Å². The maximum absolute atomic E-state index is 5.06. The van der Waals surface area contributed by atoms with E-state index in [1.54, 1.807) is 19.5 Å². The number of hydrogen-bond donors (Lipinski definition) is 1. The molecular formula is C13H20N4O. The molecule has 0 bridgehead atoms. The molecule has 1 aromatic rings. The van der Waals surface area contributed by atoms with Gasteiger partial charge in [0.05, 0.1) is 19.5 Å². The molecule has 1 aromatic heterocycles. The molecule has 0 radical (unpaired) electrons. The van der Waals surface area contributed by atoms with Crippen molar-refractivity contribution in [1.82, 2.24) is 14.9 Å². The number of anilines is 1. The van der Waals surface area contributed by atoms with Crippen LogP contribution in [0, 0.1) is 0 Å². The Kier molecular flexibility index (Phi) is 3.32. The highest BCUT2D eigenvalue weighted by Gasteiger charge is 2.31. The van der Waals surface area contributed by atoms with Crippen molar-refractivity contribution in [3.63, 3.8) is 0 Å². The minimum atomic E-state index is 0.512. The molecule has 0 saturated carbocycles. The zero-order valence-corrected chi connectivity index (χ0v) is 10.8. The molecule has 0 aromatic carbocycles. The smallest absolute Gasteiger partial charge is 0.223 e. The first-order chi connectivity index (χ1) is 8.85. The van der Waals surface area contributed by atoms with Crippen molar-refractivity contribution in [2.45, 2.75) is 37.8 Å². The molecule has 3 heterocycles. The number of hydrogen-bond acceptors (Lipinski definition) is 5. The molecule has 2 aliphatic rings. The predicted octanol–water partition coefficient (Wildman–Crippen LogP) is 1.52. The fourth-order valence-corrected chi connectivity index (χ4v) is 3.03. The number of ether oxygens (including phenoxy) is 1. The Morgan fingerprint density at radius 2 is 2.11 bits per heavy atom. The Morgan fingerprint density at radius 3 is 2.89 bits per heavy atom. The van der Waals surface area contributed by atoms with Gasteiger partial charge >= 0.3 is 0 Å². The second-order valence-electron chi connectivity index (χ2n) is 5.14. The maximum Gasteiger partial charge on any atom is 0.223 e. The average Bonchev–Trinajstić information content (AvgIpc) is 2.87. The van der Waals surface area contributed by atoms with Gasteiger partial charge in [-0.25, -0.2) is 9.97 Å². The highest BCUT2D eigenvalue weighted by molar-refractivity contribution is 5.28. The third-order valence-electron chi connectivity index (χ3n) is 4.02. The summed E-state index contributed by atoms with van der Waals surface area (Å²) in [6.45, 7) is 2.49. The summed E-state index contributed by atoms with van der Waals surface area (Å²) in [7, 11) is 1.63. The van der Waals surface area contributed by atoms with Gasteiger partial charge in [0.15, 0.2) is 5.75 Å². The van der Waals surface area contributed by atoms with Gasteiger partial charge in [-0.2, -0.15) is 0 Å². The van der Waals surface area contributed by atoms with Crippen molar-refractivity contribution in [1.29, 1.82) is 0 Å². The number of piperidine rings is 1. The standard InChI is InChI=1S/C13H20N4O/c1-18-12-8-14-13(15-9-12)16-10-4-6-17-5-2-3-11(17)7-10/h8-11H,2-7H2,1H3,(H,14,15,16). The first-order valence-electron chi connectivity index (χ1n) is 6.72. The molecule has 2 aliphatic heterocycles. The second kappa shape index (κ2) is 5.10. The lowest BCUT2D eigenvalue weighted by Crippen LogP contribution is -2.42. The third kappa shape index (κ3) is 2.41. The number of methoxy groups -OCH3 is 1. The first kappa shape index (κ1) is 11.7. The van der Waals surface area contributed by atoms with E-state index in [2.05, 4.69) is 20.2 Å². The lowest BCUT2D eigenvalue weighted by atomic mass is 9.98. The topological polar surface area (TPSA) is 50.3 Å².